The summed E-state index contributed by atoms with van der Waals surface area (Å²) in [7, 11) is 0. The number of hydrogen-bond donors (Lipinski definition) is 1. The van der Waals surface area contributed by atoms with E-state index < -0.39 is 0 Å². The van der Waals surface area contributed by atoms with Crippen molar-refractivity contribution in [1.82, 2.24) is 5.32 Å². The molecule has 0 saturated heterocycles. The van der Waals surface area contributed by atoms with Crippen LogP contribution < -0.4 is 5.32 Å². The Labute approximate surface area is 80.5 Å². The number of dihydropyridines is 1. The maximum Gasteiger partial charge on any atom is 0.0412 e. The molecule has 1 aliphatic heterocycles. The molecule has 1 aliphatic rings. The molecule has 0 unspecified atom stereocenters. The molecule has 0 aromatic heterocycles. The molecule has 1 nitrogen and oxygen atoms in total. The summed E-state index contributed by atoms with van der Waals surface area (Å²) in [5, 5.41) is 3.21. The second kappa shape index (κ2) is 4.70. The van der Waals surface area contributed by atoms with Crippen molar-refractivity contribution in [2.45, 2.75) is 26.7 Å². The molecule has 0 fully saturated rings. The maximum absolute atomic E-state index is 4.06. The summed E-state index contributed by atoms with van der Waals surface area (Å²) in [4.78, 5) is 0. The van der Waals surface area contributed by atoms with Gasteiger partial charge in [-0.3, -0.25) is 0 Å². The average Bonchev–Trinajstić information content (AvgIpc) is 2.18. The number of hydrogen-bond acceptors (Lipinski definition) is 1. The smallest absolute Gasteiger partial charge is 0.0412 e. The summed E-state index contributed by atoms with van der Waals surface area (Å²) in [6.45, 7) is 8.35. The molecule has 1 heterocycles. The van der Waals surface area contributed by atoms with E-state index >= 15 is 0 Å². The van der Waals surface area contributed by atoms with Gasteiger partial charge in [-0.25, -0.2) is 0 Å². The minimum atomic E-state index is 1.08. The van der Waals surface area contributed by atoms with E-state index in [-0.39, 0.29) is 0 Å². The fourth-order valence-electron chi connectivity index (χ4n) is 1.31. The SMILES string of the molecule is C=C(CCC)/C(C)=C1\C=CC=CN1. The number of nitrogens with one attached hydrogen (secondary N) is 1. The molecule has 70 valence electrons. The van der Waals surface area contributed by atoms with Crippen LogP contribution in [-0.4, -0.2) is 0 Å². The predicted octanol–water partition coefficient (Wildman–Crippen LogP) is 3.29. The van der Waals surface area contributed by atoms with Crippen LogP contribution in [0.1, 0.15) is 26.7 Å². The van der Waals surface area contributed by atoms with Crippen LogP contribution in [0.25, 0.3) is 0 Å². The van der Waals surface area contributed by atoms with Gasteiger partial charge in [0, 0.05) is 11.9 Å². The molecule has 0 bridgehead atoms. The van der Waals surface area contributed by atoms with Crippen molar-refractivity contribution >= 4 is 0 Å². The fourth-order valence-corrected chi connectivity index (χ4v) is 1.31. The lowest BCUT2D eigenvalue weighted by Gasteiger charge is -2.12. The third-order valence-corrected chi connectivity index (χ3v) is 2.20. The van der Waals surface area contributed by atoms with Crippen LogP contribution in [0.15, 0.2) is 47.9 Å². The number of allylic oxidation sites excluding steroid dienone is 5. The Morgan fingerprint density at radius 3 is 2.77 bits per heavy atom. The van der Waals surface area contributed by atoms with Gasteiger partial charge in [0.25, 0.3) is 0 Å². The molecule has 0 spiro atoms. The second-order valence-electron chi connectivity index (χ2n) is 3.25. The van der Waals surface area contributed by atoms with Gasteiger partial charge in [-0.2, -0.15) is 0 Å². The molecule has 0 radical (unpaired) electrons. The first-order chi connectivity index (χ1) is 6.25. The standard InChI is InChI=1S/C12H17N/c1-4-7-10(2)11(3)12-8-5-6-9-13-12/h5-6,8-9,13H,2,4,7H2,1,3H3/b12-11+. The summed E-state index contributed by atoms with van der Waals surface area (Å²) in [5.41, 5.74) is 3.66. The quantitative estimate of drug-likeness (QED) is 0.694. The van der Waals surface area contributed by atoms with Gasteiger partial charge in [0.2, 0.25) is 0 Å². The first kappa shape index (κ1) is 9.85. The van der Waals surface area contributed by atoms with E-state index in [0.717, 1.165) is 12.8 Å². The zero-order valence-electron chi connectivity index (χ0n) is 8.43. The highest BCUT2D eigenvalue weighted by Crippen LogP contribution is 2.17. The van der Waals surface area contributed by atoms with Crippen LogP contribution >= 0.6 is 0 Å². The molecule has 0 aromatic rings. The second-order valence-corrected chi connectivity index (χ2v) is 3.25. The van der Waals surface area contributed by atoms with Crippen molar-refractivity contribution in [3.63, 3.8) is 0 Å². The predicted molar refractivity (Wildman–Crippen MR) is 58.2 cm³/mol. The zero-order chi connectivity index (χ0) is 9.68. The molecule has 0 atom stereocenters. The molecule has 1 heteroatoms. The average molecular weight is 175 g/mol. The molecule has 0 amide bonds. The Bertz CT molecular complexity index is 279. The van der Waals surface area contributed by atoms with E-state index in [1.54, 1.807) is 0 Å². The summed E-state index contributed by atoms with van der Waals surface area (Å²) < 4.78 is 0. The highest BCUT2D eigenvalue weighted by Gasteiger charge is 2.02. The highest BCUT2D eigenvalue weighted by atomic mass is 14.9. The van der Waals surface area contributed by atoms with E-state index in [9.17, 15) is 0 Å². The van der Waals surface area contributed by atoms with Gasteiger partial charge >= 0.3 is 0 Å². The van der Waals surface area contributed by atoms with Crippen molar-refractivity contribution in [2.75, 3.05) is 0 Å². The minimum absolute atomic E-state index is 1.08. The monoisotopic (exact) mass is 175 g/mol. The highest BCUT2D eigenvalue weighted by molar-refractivity contribution is 5.39. The third kappa shape index (κ3) is 2.62. The third-order valence-electron chi connectivity index (χ3n) is 2.20. The molecule has 0 saturated carbocycles. The lowest BCUT2D eigenvalue weighted by Crippen LogP contribution is -2.08. The molecule has 13 heavy (non-hydrogen) atoms. The van der Waals surface area contributed by atoms with Gasteiger partial charge in [-0.15, -0.1) is 0 Å². The topological polar surface area (TPSA) is 12.0 Å². The van der Waals surface area contributed by atoms with Crippen LogP contribution in [0.4, 0.5) is 0 Å². The first-order valence-electron chi connectivity index (χ1n) is 4.74. The van der Waals surface area contributed by atoms with Gasteiger partial charge in [0.15, 0.2) is 0 Å². The Morgan fingerprint density at radius 1 is 1.46 bits per heavy atom. The lowest BCUT2D eigenvalue weighted by atomic mass is 10.0. The van der Waals surface area contributed by atoms with E-state index in [1.807, 2.05) is 18.4 Å². The zero-order valence-corrected chi connectivity index (χ0v) is 8.43. The molecule has 1 rings (SSSR count). The van der Waals surface area contributed by atoms with Gasteiger partial charge in [0.1, 0.15) is 0 Å². The Balaban J connectivity index is 2.73. The summed E-state index contributed by atoms with van der Waals surface area (Å²) >= 11 is 0. The molecular weight excluding hydrogens is 158 g/mol. The molecule has 0 aliphatic carbocycles. The van der Waals surface area contributed by atoms with Crippen LogP contribution in [0.2, 0.25) is 0 Å². The van der Waals surface area contributed by atoms with Crippen LogP contribution in [0.5, 0.6) is 0 Å². The van der Waals surface area contributed by atoms with Crippen LogP contribution in [0.3, 0.4) is 0 Å². The van der Waals surface area contributed by atoms with Gasteiger partial charge in [0.05, 0.1) is 0 Å². The summed E-state index contributed by atoms with van der Waals surface area (Å²) in [5.74, 6) is 0. The Morgan fingerprint density at radius 2 is 2.23 bits per heavy atom. The molecular formula is C12H17N. The van der Waals surface area contributed by atoms with Gasteiger partial charge < -0.3 is 5.32 Å². The van der Waals surface area contributed by atoms with Crippen molar-refractivity contribution in [3.05, 3.63) is 47.9 Å². The van der Waals surface area contributed by atoms with E-state index in [0.29, 0.717) is 0 Å². The van der Waals surface area contributed by atoms with Crippen molar-refractivity contribution in [1.29, 1.82) is 0 Å². The van der Waals surface area contributed by atoms with E-state index in [4.69, 9.17) is 0 Å². The van der Waals surface area contributed by atoms with E-state index in [2.05, 4.69) is 31.8 Å². The summed E-state index contributed by atoms with van der Waals surface area (Å²) in [6.07, 6.45) is 10.3. The largest absolute Gasteiger partial charge is 0.361 e. The lowest BCUT2D eigenvalue weighted by molar-refractivity contribution is 0.904. The van der Waals surface area contributed by atoms with Crippen molar-refractivity contribution in [2.24, 2.45) is 0 Å². The van der Waals surface area contributed by atoms with Crippen molar-refractivity contribution in [3.8, 4) is 0 Å². The first-order valence-corrected chi connectivity index (χ1v) is 4.74. The Hall–Kier alpha value is -1.24. The molecule has 0 aromatic carbocycles. The normalized spacial score (nSPS) is 18.3. The minimum Gasteiger partial charge on any atom is -0.361 e. The number of rotatable bonds is 3. The van der Waals surface area contributed by atoms with Crippen LogP contribution in [-0.2, 0) is 0 Å². The van der Waals surface area contributed by atoms with Gasteiger partial charge in [-0.1, -0.05) is 31.6 Å². The van der Waals surface area contributed by atoms with E-state index in [1.165, 1.54) is 16.8 Å². The maximum atomic E-state index is 4.06. The van der Waals surface area contributed by atoms with Crippen LogP contribution in [0, 0.1) is 0 Å². The Kier molecular flexibility index (Phi) is 3.56. The van der Waals surface area contributed by atoms with Crippen molar-refractivity contribution < 1.29 is 0 Å². The van der Waals surface area contributed by atoms with Gasteiger partial charge in [-0.05, 0) is 31.1 Å². The summed E-state index contributed by atoms with van der Waals surface area (Å²) in [6, 6.07) is 0. The molecule has 1 N–H and O–H groups in total. The fraction of sp³-hybridized carbons (Fsp3) is 0.333.